The minimum atomic E-state index is -0.589. The van der Waals surface area contributed by atoms with Crippen molar-refractivity contribution >= 4 is 11.9 Å². The number of hydrogen-bond acceptors (Lipinski definition) is 5. The summed E-state index contributed by atoms with van der Waals surface area (Å²) in [6, 6.07) is -0.589. The van der Waals surface area contributed by atoms with Gasteiger partial charge in [-0.15, -0.1) is 0 Å². The van der Waals surface area contributed by atoms with Gasteiger partial charge in [-0.1, -0.05) is 0 Å². The number of nitrogens with two attached hydrogens (primary N) is 2. The fraction of sp³-hybridized carbons (Fsp3) is 0.667. The predicted octanol–water partition coefficient (Wildman–Crippen LogP) is 0.914. The molecule has 0 bridgehead atoms. The van der Waals surface area contributed by atoms with Crippen LogP contribution >= 0.6 is 0 Å². The summed E-state index contributed by atoms with van der Waals surface area (Å²) in [4.78, 5) is 15.5. The maximum atomic E-state index is 11.6. The molecule has 4 N–H and O–H groups in total. The fourth-order valence-electron chi connectivity index (χ4n) is 1.51. The van der Waals surface area contributed by atoms with Crippen LogP contribution in [0.4, 0.5) is 5.95 Å². The predicted molar refractivity (Wildman–Crippen MR) is 69.7 cm³/mol. The van der Waals surface area contributed by atoms with Crippen molar-refractivity contribution in [2.75, 3.05) is 5.73 Å². The number of anilines is 1. The number of carbonyl (C=O) groups excluding carboxylic acids is 1. The molecule has 1 unspecified atom stereocenters. The van der Waals surface area contributed by atoms with Gasteiger partial charge in [0.05, 0.1) is 0 Å². The normalized spacial score (nSPS) is 13.3. The van der Waals surface area contributed by atoms with Crippen molar-refractivity contribution in [2.24, 2.45) is 5.73 Å². The number of imidazole rings is 1. The molecule has 1 aromatic rings. The van der Waals surface area contributed by atoms with Gasteiger partial charge in [0.1, 0.15) is 11.6 Å². The molecule has 0 aliphatic carbocycles. The Morgan fingerprint density at radius 3 is 2.72 bits per heavy atom. The molecule has 6 heteroatoms. The highest BCUT2D eigenvalue weighted by atomic mass is 16.6. The largest absolute Gasteiger partial charge is 0.459 e. The highest BCUT2D eigenvalue weighted by Gasteiger charge is 2.21. The van der Waals surface area contributed by atoms with E-state index in [1.54, 1.807) is 12.4 Å². The first-order valence-electron chi connectivity index (χ1n) is 6.04. The smallest absolute Gasteiger partial charge is 0.323 e. The molecule has 0 radical (unpaired) electrons. The highest BCUT2D eigenvalue weighted by molar-refractivity contribution is 5.75. The molecule has 18 heavy (non-hydrogen) atoms. The molecule has 0 spiro atoms. The van der Waals surface area contributed by atoms with Crippen LogP contribution in [0.5, 0.6) is 0 Å². The van der Waals surface area contributed by atoms with Crippen molar-refractivity contribution in [2.45, 2.75) is 51.8 Å². The summed E-state index contributed by atoms with van der Waals surface area (Å²) in [6.45, 7) is 6.17. The molecule has 1 heterocycles. The Morgan fingerprint density at radius 1 is 1.56 bits per heavy atom. The van der Waals surface area contributed by atoms with Gasteiger partial charge in [0.15, 0.2) is 5.95 Å². The molecular formula is C12H22N4O2. The van der Waals surface area contributed by atoms with E-state index in [0.29, 0.717) is 18.9 Å². The third kappa shape index (κ3) is 4.75. The Kier molecular flexibility index (Phi) is 4.72. The SMILES string of the molecule is CC(C)(C)OC(=O)C(N)CCCn1ccnc1N. The van der Waals surface area contributed by atoms with E-state index in [9.17, 15) is 4.79 Å². The topological polar surface area (TPSA) is 96.2 Å². The molecule has 0 aliphatic heterocycles. The van der Waals surface area contributed by atoms with Gasteiger partial charge in [-0.05, 0) is 33.6 Å². The zero-order valence-electron chi connectivity index (χ0n) is 11.2. The van der Waals surface area contributed by atoms with Crippen LogP contribution in [0.25, 0.3) is 0 Å². The van der Waals surface area contributed by atoms with Gasteiger partial charge in [0, 0.05) is 18.9 Å². The van der Waals surface area contributed by atoms with Crippen molar-refractivity contribution in [3.63, 3.8) is 0 Å². The Balaban J connectivity index is 2.31. The van der Waals surface area contributed by atoms with Crippen molar-refractivity contribution in [1.29, 1.82) is 0 Å². The van der Waals surface area contributed by atoms with E-state index in [4.69, 9.17) is 16.2 Å². The van der Waals surface area contributed by atoms with E-state index in [1.807, 2.05) is 25.3 Å². The van der Waals surface area contributed by atoms with E-state index in [1.165, 1.54) is 0 Å². The summed E-state index contributed by atoms with van der Waals surface area (Å²) in [7, 11) is 0. The Hall–Kier alpha value is -1.56. The zero-order chi connectivity index (χ0) is 13.8. The Bertz CT molecular complexity index is 395. The van der Waals surface area contributed by atoms with Crippen LogP contribution in [0.1, 0.15) is 33.6 Å². The van der Waals surface area contributed by atoms with Crippen LogP contribution in [0, 0.1) is 0 Å². The lowest BCUT2D eigenvalue weighted by Gasteiger charge is -2.22. The molecule has 1 aromatic heterocycles. The summed E-state index contributed by atoms with van der Waals surface area (Å²) in [5.74, 6) is 0.113. The van der Waals surface area contributed by atoms with Gasteiger partial charge < -0.3 is 20.8 Å². The van der Waals surface area contributed by atoms with Crippen molar-refractivity contribution in [3.05, 3.63) is 12.4 Å². The first-order chi connectivity index (χ1) is 8.29. The Morgan fingerprint density at radius 2 is 2.22 bits per heavy atom. The maximum Gasteiger partial charge on any atom is 0.323 e. The van der Waals surface area contributed by atoms with Crippen LogP contribution in [0.2, 0.25) is 0 Å². The van der Waals surface area contributed by atoms with E-state index in [0.717, 1.165) is 6.42 Å². The second-order valence-corrected chi connectivity index (χ2v) is 5.26. The summed E-state index contributed by atoms with van der Waals surface area (Å²) in [5.41, 5.74) is 10.9. The minimum absolute atomic E-state index is 0.360. The van der Waals surface area contributed by atoms with Gasteiger partial charge in [0.25, 0.3) is 0 Å². The molecule has 0 saturated carbocycles. The summed E-state index contributed by atoms with van der Waals surface area (Å²) in [5, 5.41) is 0. The average molecular weight is 254 g/mol. The average Bonchev–Trinajstić information content (AvgIpc) is 2.62. The number of nitrogen functional groups attached to an aromatic ring is 1. The van der Waals surface area contributed by atoms with Crippen LogP contribution < -0.4 is 11.5 Å². The van der Waals surface area contributed by atoms with Gasteiger partial charge >= 0.3 is 5.97 Å². The van der Waals surface area contributed by atoms with Gasteiger partial charge in [0.2, 0.25) is 0 Å². The van der Waals surface area contributed by atoms with Crippen molar-refractivity contribution < 1.29 is 9.53 Å². The summed E-state index contributed by atoms with van der Waals surface area (Å²) >= 11 is 0. The van der Waals surface area contributed by atoms with E-state index in [-0.39, 0.29) is 5.97 Å². The lowest BCUT2D eigenvalue weighted by atomic mass is 10.1. The molecule has 0 aromatic carbocycles. The number of hydrogen-bond donors (Lipinski definition) is 2. The number of carbonyl (C=O) groups is 1. The van der Waals surface area contributed by atoms with Gasteiger partial charge in [-0.3, -0.25) is 4.79 Å². The van der Waals surface area contributed by atoms with E-state index >= 15 is 0 Å². The van der Waals surface area contributed by atoms with Gasteiger partial charge in [-0.2, -0.15) is 0 Å². The standard InChI is InChI=1S/C12H22N4O2/c1-12(2,3)18-10(17)9(13)5-4-7-16-8-6-15-11(16)14/h6,8-9H,4-5,7,13H2,1-3H3,(H2,14,15). The number of aryl methyl sites for hydroxylation is 1. The third-order valence-electron chi connectivity index (χ3n) is 2.37. The molecule has 0 aliphatic rings. The number of nitrogens with zero attached hydrogens (tertiary/aromatic N) is 2. The number of aromatic nitrogens is 2. The van der Waals surface area contributed by atoms with Crippen LogP contribution in [-0.4, -0.2) is 27.2 Å². The van der Waals surface area contributed by atoms with Crippen molar-refractivity contribution in [1.82, 2.24) is 9.55 Å². The molecule has 1 atom stereocenters. The van der Waals surface area contributed by atoms with Crippen LogP contribution in [0.15, 0.2) is 12.4 Å². The Labute approximate surface area is 107 Å². The summed E-state index contributed by atoms with van der Waals surface area (Å²) in [6.07, 6.45) is 4.75. The highest BCUT2D eigenvalue weighted by Crippen LogP contribution is 2.10. The molecule has 1 rings (SSSR count). The quantitative estimate of drug-likeness (QED) is 0.761. The molecular weight excluding hydrogens is 232 g/mol. The van der Waals surface area contributed by atoms with E-state index < -0.39 is 11.6 Å². The van der Waals surface area contributed by atoms with Crippen LogP contribution in [-0.2, 0) is 16.1 Å². The molecule has 0 saturated heterocycles. The monoisotopic (exact) mass is 254 g/mol. The lowest BCUT2D eigenvalue weighted by molar-refractivity contribution is -0.156. The first-order valence-corrected chi connectivity index (χ1v) is 6.04. The molecule has 102 valence electrons. The molecule has 0 amide bonds. The molecule has 6 nitrogen and oxygen atoms in total. The third-order valence-corrected chi connectivity index (χ3v) is 2.37. The van der Waals surface area contributed by atoms with E-state index in [2.05, 4.69) is 4.98 Å². The zero-order valence-corrected chi connectivity index (χ0v) is 11.2. The van der Waals surface area contributed by atoms with Gasteiger partial charge in [-0.25, -0.2) is 4.98 Å². The lowest BCUT2D eigenvalue weighted by Crippen LogP contribution is -2.37. The molecule has 0 fully saturated rings. The first kappa shape index (κ1) is 14.5. The number of rotatable bonds is 5. The van der Waals surface area contributed by atoms with Crippen LogP contribution in [0.3, 0.4) is 0 Å². The fourth-order valence-corrected chi connectivity index (χ4v) is 1.51. The number of ether oxygens (including phenoxy) is 1. The van der Waals surface area contributed by atoms with Crippen molar-refractivity contribution in [3.8, 4) is 0 Å². The summed E-state index contributed by atoms with van der Waals surface area (Å²) < 4.78 is 7.02. The maximum absolute atomic E-state index is 11.6. The minimum Gasteiger partial charge on any atom is -0.459 e. The number of esters is 1. The second kappa shape index (κ2) is 5.86. The second-order valence-electron chi connectivity index (χ2n) is 5.26.